The van der Waals surface area contributed by atoms with Crippen molar-refractivity contribution in [3.05, 3.63) is 34.4 Å². The number of epoxide rings is 1. The largest absolute Gasteiger partial charge is 0.481 e. The molecule has 6 N–H and O–H groups in total. The maximum atomic E-state index is 13.4. The second kappa shape index (κ2) is 13.6. The van der Waals surface area contributed by atoms with E-state index in [1.54, 1.807) is 6.07 Å². The minimum Gasteiger partial charge on any atom is -0.481 e. The molecule has 14 nitrogen and oxygen atoms in total. The molecule has 3 unspecified atom stereocenters. The quantitative estimate of drug-likeness (QED) is 0.0813. The normalized spacial score (nSPS) is 37.1. The number of hydrogen-bond acceptors (Lipinski definition) is 10. The molecule has 5 fully saturated rings. The summed E-state index contributed by atoms with van der Waals surface area (Å²) in [5.74, 6) is -1.79. The summed E-state index contributed by atoms with van der Waals surface area (Å²) in [6.07, 6.45) is 6.61. The fourth-order valence-corrected chi connectivity index (χ4v) is 10.7. The lowest BCUT2D eigenvalue weighted by Crippen LogP contribution is -2.58. The number of nitrogens with one attached hydrogen (secondary N) is 1. The number of esters is 2. The first-order valence-electron chi connectivity index (χ1n) is 17.9. The Balaban J connectivity index is 1.15. The van der Waals surface area contributed by atoms with E-state index in [1.807, 2.05) is 0 Å². The number of aliphatic imine (C=N–C) groups is 1. The van der Waals surface area contributed by atoms with Gasteiger partial charge in [-0.3, -0.25) is 19.4 Å². The summed E-state index contributed by atoms with van der Waals surface area (Å²) in [5.41, 5.74) is 10.5. The molecule has 0 aromatic carbocycles. The molecule has 4 saturated carbocycles. The molecule has 1 aromatic rings. The Bertz CT molecular complexity index is 1570. The minimum absolute atomic E-state index is 0.00241. The van der Waals surface area contributed by atoms with Crippen LogP contribution in [0.2, 0.25) is 0 Å². The Morgan fingerprint density at radius 3 is 2.52 bits per heavy atom. The van der Waals surface area contributed by atoms with Gasteiger partial charge < -0.3 is 40.5 Å². The van der Waals surface area contributed by atoms with Crippen LogP contribution in [0.4, 0.5) is 0 Å². The standard InChI is InChI=1S/C36H50N4O10/c1-19(41)48-30-29(20-6-11-28(45)47-18-20)35(3)15-13-23-24(36(35)31(30)50-36)8-7-21-17-22(12-14-34(21,23)2)49-32(46)25(5-4-16-39-33(37)38)40-26(42)9-10-27(43)44/h6,11,18,21-25,29-31H,4-5,7-10,12-17H2,1-3H3,(H,40,42)(H,43,44)(H4,37,38,39)/t21?,22-,23-,24+,25-,29-,30?,31?,34-,35+,36+/m0/s1. The van der Waals surface area contributed by atoms with Gasteiger partial charge in [0.25, 0.3) is 0 Å². The maximum absolute atomic E-state index is 13.4. The summed E-state index contributed by atoms with van der Waals surface area (Å²) < 4.78 is 24.1. The Morgan fingerprint density at radius 2 is 1.84 bits per heavy atom. The molecule has 274 valence electrons. The van der Waals surface area contributed by atoms with Crippen LogP contribution in [-0.4, -0.2) is 71.4 Å². The summed E-state index contributed by atoms with van der Waals surface area (Å²) in [4.78, 5) is 65.0. The maximum Gasteiger partial charge on any atom is 0.335 e. The van der Waals surface area contributed by atoms with Gasteiger partial charge in [-0.2, -0.15) is 0 Å². The summed E-state index contributed by atoms with van der Waals surface area (Å²) >= 11 is 0. The topological polar surface area (TPSA) is 226 Å². The fraction of sp³-hybridized carbons (Fsp3) is 0.722. The molecule has 1 saturated heterocycles. The summed E-state index contributed by atoms with van der Waals surface area (Å²) in [5, 5.41) is 11.6. The molecule has 14 heteroatoms. The van der Waals surface area contributed by atoms with Crippen molar-refractivity contribution >= 4 is 29.8 Å². The molecule has 1 spiro atoms. The molecule has 0 radical (unpaired) electrons. The van der Waals surface area contributed by atoms with E-state index in [2.05, 4.69) is 24.2 Å². The van der Waals surface area contributed by atoms with Crippen molar-refractivity contribution in [1.82, 2.24) is 5.32 Å². The number of amides is 1. The number of carboxylic acids is 1. The highest BCUT2D eigenvalue weighted by Crippen LogP contribution is 2.78. The van der Waals surface area contributed by atoms with Crippen molar-refractivity contribution in [3.8, 4) is 0 Å². The van der Waals surface area contributed by atoms with E-state index < -0.39 is 41.2 Å². The first-order chi connectivity index (χ1) is 23.7. The van der Waals surface area contributed by atoms with Crippen molar-refractivity contribution < 1.29 is 42.9 Å². The average molecular weight is 699 g/mol. The monoisotopic (exact) mass is 698 g/mol. The zero-order valence-corrected chi connectivity index (χ0v) is 29.1. The number of fused-ring (bicyclic) bond motifs is 3. The van der Waals surface area contributed by atoms with Crippen molar-refractivity contribution in [2.45, 2.75) is 127 Å². The number of nitrogens with two attached hydrogens (primary N) is 2. The summed E-state index contributed by atoms with van der Waals surface area (Å²) in [7, 11) is 0. The van der Waals surface area contributed by atoms with Crippen molar-refractivity contribution in [2.24, 2.45) is 45.0 Å². The molecule has 4 aliphatic carbocycles. The van der Waals surface area contributed by atoms with Gasteiger partial charge in [-0.25, -0.2) is 9.59 Å². The van der Waals surface area contributed by atoms with Gasteiger partial charge in [-0.1, -0.05) is 13.8 Å². The smallest absolute Gasteiger partial charge is 0.335 e. The number of rotatable bonds is 12. The van der Waals surface area contributed by atoms with Crippen LogP contribution >= 0.6 is 0 Å². The Kier molecular flexibility index (Phi) is 9.79. The number of aliphatic carboxylic acids is 1. The van der Waals surface area contributed by atoms with Crippen LogP contribution in [0.15, 0.2) is 32.6 Å². The van der Waals surface area contributed by atoms with E-state index in [0.29, 0.717) is 24.7 Å². The molecule has 5 aliphatic rings. The van der Waals surface area contributed by atoms with E-state index in [4.69, 9.17) is 35.2 Å². The SMILES string of the molecule is CC(=O)OC1C2O[C@]23[C@@H]2CCC4C[C@@H](OC(=O)[C@H](CCCN=C(N)N)NC(=O)CCC(=O)O)CC[C@]4(C)[C@H]2CC[C@]3(C)[C@H]1c1ccc(=O)oc1. The number of carbonyl (C=O) groups is 4. The molecular weight excluding hydrogens is 648 g/mol. The van der Waals surface area contributed by atoms with Crippen LogP contribution in [0.3, 0.4) is 0 Å². The molecule has 11 atom stereocenters. The van der Waals surface area contributed by atoms with Crippen LogP contribution in [0, 0.1) is 28.6 Å². The Morgan fingerprint density at radius 1 is 1.06 bits per heavy atom. The number of carboxylic acid groups (broad SMARTS) is 1. The number of nitrogens with zero attached hydrogens (tertiary/aromatic N) is 1. The summed E-state index contributed by atoms with van der Waals surface area (Å²) in [6.45, 7) is 6.32. The van der Waals surface area contributed by atoms with Gasteiger partial charge in [-0.05, 0) is 92.6 Å². The highest BCUT2D eigenvalue weighted by atomic mass is 16.7. The second-order valence-corrected chi connectivity index (χ2v) is 15.5. The molecule has 2 heterocycles. The zero-order valence-electron chi connectivity index (χ0n) is 29.1. The van der Waals surface area contributed by atoms with Crippen molar-refractivity contribution in [3.63, 3.8) is 0 Å². The van der Waals surface area contributed by atoms with E-state index in [1.165, 1.54) is 19.3 Å². The molecule has 6 rings (SSSR count). The highest BCUT2D eigenvalue weighted by molar-refractivity contribution is 5.86. The Hall–Kier alpha value is -3.94. The van der Waals surface area contributed by atoms with Gasteiger partial charge in [0.1, 0.15) is 30.0 Å². The van der Waals surface area contributed by atoms with Crippen LogP contribution < -0.4 is 22.4 Å². The van der Waals surface area contributed by atoms with E-state index in [-0.39, 0.29) is 72.6 Å². The van der Waals surface area contributed by atoms with E-state index in [9.17, 15) is 24.0 Å². The number of hydrogen-bond donors (Lipinski definition) is 4. The lowest BCUT2D eigenvalue weighted by molar-refractivity contribution is -0.170. The van der Waals surface area contributed by atoms with E-state index >= 15 is 0 Å². The average Bonchev–Trinajstić information content (AvgIpc) is 3.76. The molecule has 1 aromatic heterocycles. The fourth-order valence-electron chi connectivity index (χ4n) is 10.7. The van der Waals surface area contributed by atoms with Crippen LogP contribution in [0.5, 0.6) is 0 Å². The lowest BCUT2D eigenvalue weighted by Gasteiger charge is -2.61. The van der Waals surface area contributed by atoms with Crippen molar-refractivity contribution in [2.75, 3.05) is 6.54 Å². The first kappa shape index (κ1) is 35.9. The van der Waals surface area contributed by atoms with Crippen molar-refractivity contribution in [1.29, 1.82) is 0 Å². The molecular formula is C36H50N4O10. The van der Waals surface area contributed by atoms with Gasteiger partial charge in [0.2, 0.25) is 5.91 Å². The van der Waals surface area contributed by atoms with Gasteiger partial charge in [0.15, 0.2) is 5.96 Å². The zero-order chi connectivity index (χ0) is 36.0. The summed E-state index contributed by atoms with van der Waals surface area (Å²) in [6, 6.07) is 2.28. The first-order valence-corrected chi connectivity index (χ1v) is 17.9. The van der Waals surface area contributed by atoms with Crippen LogP contribution in [0.25, 0.3) is 0 Å². The third-order valence-electron chi connectivity index (χ3n) is 12.9. The minimum atomic E-state index is -1.10. The highest BCUT2D eigenvalue weighted by Gasteiger charge is 2.84. The Labute approximate surface area is 291 Å². The van der Waals surface area contributed by atoms with Crippen LogP contribution in [0.1, 0.15) is 103 Å². The number of ether oxygens (including phenoxy) is 3. The second-order valence-electron chi connectivity index (χ2n) is 15.5. The van der Waals surface area contributed by atoms with Gasteiger partial charge in [0.05, 0.1) is 12.7 Å². The third-order valence-corrected chi connectivity index (χ3v) is 12.9. The van der Waals surface area contributed by atoms with E-state index in [0.717, 1.165) is 44.1 Å². The van der Waals surface area contributed by atoms with Gasteiger partial charge >= 0.3 is 23.5 Å². The molecule has 1 aliphatic heterocycles. The third kappa shape index (κ3) is 6.39. The predicted octanol–water partition coefficient (Wildman–Crippen LogP) is 2.75. The number of guanidine groups is 1. The molecule has 0 bridgehead atoms. The lowest BCUT2D eigenvalue weighted by atomic mass is 9.44. The number of carbonyl (C=O) groups excluding carboxylic acids is 3. The van der Waals surface area contributed by atoms with Crippen LogP contribution in [-0.2, 0) is 33.4 Å². The molecule has 1 amide bonds. The van der Waals surface area contributed by atoms with Gasteiger partial charge in [0, 0.05) is 37.3 Å². The van der Waals surface area contributed by atoms with Gasteiger partial charge in [-0.15, -0.1) is 0 Å². The predicted molar refractivity (Wildman–Crippen MR) is 178 cm³/mol. The molecule has 50 heavy (non-hydrogen) atoms.